The molecule has 7 heteroatoms. The maximum absolute atomic E-state index is 12.9. The maximum atomic E-state index is 12.9. The average Bonchev–Trinajstić information content (AvgIpc) is 2.99. The highest BCUT2D eigenvalue weighted by atomic mass is 19.4. The first-order chi connectivity index (χ1) is 11.3. The van der Waals surface area contributed by atoms with E-state index in [1.807, 2.05) is 0 Å². The molecule has 1 unspecified atom stereocenters. The number of nitrogens with one attached hydrogen (secondary N) is 1. The van der Waals surface area contributed by atoms with E-state index in [0.717, 1.165) is 38.1 Å². The van der Waals surface area contributed by atoms with Gasteiger partial charge in [0.1, 0.15) is 0 Å². The molecule has 1 aromatic rings. The van der Waals surface area contributed by atoms with Crippen molar-refractivity contribution < 1.29 is 18.0 Å². The predicted octanol–water partition coefficient (Wildman–Crippen LogP) is 3.30. The third-order valence-electron chi connectivity index (χ3n) is 4.58. The molecule has 0 aliphatic carbocycles. The van der Waals surface area contributed by atoms with Gasteiger partial charge in [-0.1, -0.05) is 6.92 Å². The van der Waals surface area contributed by atoms with Gasteiger partial charge in [0, 0.05) is 32.4 Å². The van der Waals surface area contributed by atoms with Gasteiger partial charge in [0.05, 0.1) is 11.1 Å². The number of benzene rings is 1. The molecule has 4 nitrogen and oxygen atoms in total. The second kappa shape index (κ2) is 7.42. The number of hydrogen-bond donors (Lipinski definition) is 1. The number of halogens is 3. The van der Waals surface area contributed by atoms with E-state index in [2.05, 4.69) is 17.1 Å². The summed E-state index contributed by atoms with van der Waals surface area (Å²) in [6, 6.07) is 3.49. The van der Waals surface area contributed by atoms with Crippen molar-refractivity contribution in [1.29, 1.82) is 0 Å². The van der Waals surface area contributed by atoms with Gasteiger partial charge in [0.2, 0.25) is 0 Å². The van der Waals surface area contributed by atoms with Crippen molar-refractivity contribution >= 4 is 11.6 Å². The van der Waals surface area contributed by atoms with E-state index < -0.39 is 17.6 Å². The molecule has 0 radical (unpaired) electrons. The molecule has 1 aliphatic heterocycles. The zero-order chi connectivity index (χ0) is 17.9. The van der Waals surface area contributed by atoms with Crippen LogP contribution in [0.15, 0.2) is 18.2 Å². The molecule has 1 aromatic carbocycles. The molecule has 0 bridgehead atoms. The summed E-state index contributed by atoms with van der Waals surface area (Å²) in [6.07, 6.45) is -2.37. The van der Waals surface area contributed by atoms with Gasteiger partial charge in [-0.2, -0.15) is 13.2 Å². The Hall–Kier alpha value is -1.76. The van der Waals surface area contributed by atoms with Crippen LogP contribution < -0.4 is 5.32 Å². The lowest BCUT2D eigenvalue weighted by molar-refractivity contribution is -0.137. The number of nitrogens with zero attached hydrogens (tertiary/aromatic N) is 2. The molecule has 24 heavy (non-hydrogen) atoms. The van der Waals surface area contributed by atoms with Crippen molar-refractivity contribution in [2.45, 2.75) is 32.0 Å². The third-order valence-corrected chi connectivity index (χ3v) is 4.58. The minimum absolute atomic E-state index is 0.0517. The first-order valence-electron chi connectivity index (χ1n) is 8.16. The van der Waals surface area contributed by atoms with E-state index in [-0.39, 0.29) is 11.6 Å². The molecule has 0 aromatic heterocycles. The Labute approximate surface area is 140 Å². The number of amides is 1. The van der Waals surface area contributed by atoms with Crippen LogP contribution in [0.4, 0.5) is 18.9 Å². The minimum Gasteiger partial charge on any atom is -0.387 e. The standard InChI is InChI=1S/C17H24F3N3O/c1-4-23-9-5-6-13(23)11-22(3)16(24)14-10-12(17(18,19)20)7-8-15(14)21-2/h7-8,10,13,21H,4-6,9,11H2,1-3H3. The lowest BCUT2D eigenvalue weighted by atomic mass is 10.1. The van der Waals surface area contributed by atoms with E-state index in [9.17, 15) is 18.0 Å². The van der Waals surface area contributed by atoms with Gasteiger partial charge in [-0.05, 0) is 44.1 Å². The summed E-state index contributed by atoms with van der Waals surface area (Å²) in [5.41, 5.74) is -0.358. The summed E-state index contributed by atoms with van der Waals surface area (Å²) in [5.74, 6) is -0.395. The van der Waals surface area contributed by atoms with Crippen LogP contribution in [0.2, 0.25) is 0 Å². The van der Waals surface area contributed by atoms with Crippen molar-refractivity contribution in [1.82, 2.24) is 9.80 Å². The summed E-state index contributed by atoms with van der Waals surface area (Å²) >= 11 is 0. The smallest absolute Gasteiger partial charge is 0.387 e. The SMILES string of the molecule is CCN1CCCC1CN(C)C(=O)c1cc(C(F)(F)F)ccc1NC. The monoisotopic (exact) mass is 343 g/mol. The predicted molar refractivity (Wildman–Crippen MR) is 88.2 cm³/mol. The molecular formula is C17H24F3N3O. The van der Waals surface area contributed by atoms with Crippen molar-refractivity contribution in [3.05, 3.63) is 29.3 Å². The van der Waals surface area contributed by atoms with Crippen LogP contribution in [-0.2, 0) is 6.18 Å². The van der Waals surface area contributed by atoms with E-state index in [1.165, 1.54) is 11.0 Å². The van der Waals surface area contributed by atoms with Gasteiger partial charge in [-0.3, -0.25) is 9.69 Å². The Morgan fingerprint density at radius 3 is 2.71 bits per heavy atom. The molecule has 0 spiro atoms. The van der Waals surface area contributed by atoms with E-state index in [1.54, 1.807) is 14.1 Å². The fourth-order valence-electron chi connectivity index (χ4n) is 3.24. The van der Waals surface area contributed by atoms with Crippen molar-refractivity contribution in [3.8, 4) is 0 Å². The molecule has 1 aliphatic rings. The average molecular weight is 343 g/mol. The topological polar surface area (TPSA) is 35.6 Å². The van der Waals surface area contributed by atoms with Crippen LogP contribution in [-0.4, -0.2) is 55.5 Å². The molecule has 1 N–H and O–H groups in total. The number of anilines is 1. The quantitative estimate of drug-likeness (QED) is 0.891. The van der Waals surface area contributed by atoms with Gasteiger partial charge in [0.15, 0.2) is 0 Å². The van der Waals surface area contributed by atoms with Gasteiger partial charge in [-0.25, -0.2) is 0 Å². The first kappa shape index (κ1) is 18.6. The largest absolute Gasteiger partial charge is 0.416 e. The van der Waals surface area contributed by atoms with Crippen molar-refractivity contribution in [3.63, 3.8) is 0 Å². The number of alkyl halides is 3. The number of likely N-dealkylation sites (tertiary alicyclic amines) is 1. The Morgan fingerprint density at radius 2 is 2.12 bits per heavy atom. The van der Waals surface area contributed by atoms with E-state index in [0.29, 0.717) is 12.2 Å². The van der Waals surface area contributed by atoms with Crippen molar-refractivity contribution in [2.24, 2.45) is 0 Å². The number of hydrogen-bond acceptors (Lipinski definition) is 3. The highest BCUT2D eigenvalue weighted by Crippen LogP contribution is 2.32. The normalized spacial score (nSPS) is 18.7. The number of likely N-dealkylation sites (N-methyl/N-ethyl adjacent to an activating group) is 2. The van der Waals surface area contributed by atoms with Crippen LogP contribution in [0.3, 0.4) is 0 Å². The van der Waals surface area contributed by atoms with Crippen LogP contribution in [0.25, 0.3) is 0 Å². The van der Waals surface area contributed by atoms with Gasteiger partial charge < -0.3 is 10.2 Å². The van der Waals surface area contributed by atoms with Crippen LogP contribution in [0, 0.1) is 0 Å². The van der Waals surface area contributed by atoms with Gasteiger partial charge in [-0.15, -0.1) is 0 Å². The lowest BCUT2D eigenvalue weighted by Crippen LogP contribution is -2.41. The summed E-state index contributed by atoms with van der Waals surface area (Å²) in [5, 5.41) is 2.80. The van der Waals surface area contributed by atoms with E-state index in [4.69, 9.17) is 0 Å². The van der Waals surface area contributed by atoms with Gasteiger partial charge >= 0.3 is 6.18 Å². The highest BCUT2D eigenvalue weighted by molar-refractivity contribution is 5.99. The molecule has 1 amide bonds. The van der Waals surface area contributed by atoms with Gasteiger partial charge in [0.25, 0.3) is 5.91 Å². The Bertz CT molecular complexity index is 589. The molecular weight excluding hydrogens is 319 g/mol. The zero-order valence-corrected chi connectivity index (χ0v) is 14.3. The fraction of sp³-hybridized carbons (Fsp3) is 0.588. The van der Waals surface area contributed by atoms with Crippen LogP contribution >= 0.6 is 0 Å². The second-order valence-electron chi connectivity index (χ2n) is 6.12. The summed E-state index contributed by atoms with van der Waals surface area (Å²) in [4.78, 5) is 16.5. The number of carbonyl (C=O) groups excluding carboxylic acids is 1. The number of rotatable bonds is 5. The van der Waals surface area contributed by atoms with Crippen molar-refractivity contribution in [2.75, 3.05) is 39.0 Å². The molecule has 1 atom stereocenters. The first-order valence-corrected chi connectivity index (χ1v) is 8.16. The summed E-state index contributed by atoms with van der Waals surface area (Å²) in [7, 11) is 3.24. The summed E-state index contributed by atoms with van der Waals surface area (Å²) < 4.78 is 38.8. The zero-order valence-electron chi connectivity index (χ0n) is 14.3. The minimum atomic E-state index is -4.47. The Morgan fingerprint density at radius 1 is 1.42 bits per heavy atom. The fourth-order valence-corrected chi connectivity index (χ4v) is 3.24. The molecule has 1 saturated heterocycles. The third kappa shape index (κ3) is 4.01. The van der Waals surface area contributed by atoms with E-state index >= 15 is 0 Å². The Balaban J connectivity index is 2.21. The number of carbonyl (C=O) groups is 1. The molecule has 2 rings (SSSR count). The van der Waals surface area contributed by atoms with Crippen LogP contribution in [0.5, 0.6) is 0 Å². The molecule has 1 heterocycles. The molecule has 1 fully saturated rings. The maximum Gasteiger partial charge on any atom is 0.416 e. The lowest BCUT2D eigenvalue weighted by Gasteiger charge is -2.28. The highest BCUT2D eigenvalue weighted by Gasteiger charge is 2.32. The molecule has 0 saturated carbocycles. The summed E-state index contributed by atoms with van der Waals surface area (Å²) in [6.45, 7) is 4.52. The Kier molecular flexibility index (Phi) is 5.74. The molecule has 134 valence electrons. The van der Waals surface area contributed by atoms with Crippen LogP contribution in [0.1, 0.15) is 35.7 Å². The second-order valence-corrected chi connectivity index (χ2v) is 6.12.